The van der Waals surface area contributed by atoms with Crippen LogP contribution in [0.2, 0.25) is 0 Å². The van der Waals surface area contributed by atoms with E-state index in [2.05, 4.69) is 15.4 Å². The van der Waals surface area contributed by atoms with Crippen molar-refractivity contribution in [1.29, 1.82) is 0 Å². The fourth-order valence-electron chi connectivity index (χ4n) is 1.76. The summed E-state index contributed by atoms with van der Waals surface area (Å²) in [5, 5.41) is 7.43. The third-order valence-electron chi connectivity index (χ3n) is 2.63. The van der Waals surface area contributed by atoms with Gasteiger partial charge in [0.2, 0.25) is 0 Å². The molecule has 0 aliphatic carbocycles. The number of nitrogens with two attached hydrogens (primary N) is 1. The average molecular weight is 231 g/mol. The Morgan fingerprint density at radius 3 is 2.47 bits per heavy atom. The molecule has 0 saturated heterocycles. The van der Waals surface area contributed by atoms with E-state index in [9.17, 15) is 0 Å². The van der Waals surface area contributed by atoms with Crippen molar-refractivity contribution in [2.24, 2.45) is 7.05 Å². The lowest BCUT2D eigenvalue weighted by molar-refractivity contribution is 0.778. The number of aryl methyl sites for hydroxylation is 3. The lowest BCUT2D eigenvalue weighted by atomic mass is 10.2. The summed E-state index contributed by atoms with van der Waals surface area (Å²) in [5.74, 6) is 0.694. The van der Waals surface area contributed by atoms with E-state index in [1.54, 1.807) is 10.9 Å². The SMILES string of the molecule is Cc1cc(NCc2cnn(C)c2N)cc(C)n1. The Kier molecular flexibility index (Phi) is 2.99. The molecule has 0 spiro atoms. The van der Waals surface area contributed by atoms with Crippen LogP contribution < -0.4 is 11.1 Å². The van der Waals surface area contributed by atoms with Gasteiger partial charge in [-0.2, -0.15) is 5.10 Å². The van der Waals surface area contributed by atoms with Gasteiger partial charge in [0.1, 0.15) is 5.82 Å². The second kappa shape index (κ2) is 4.45. The summed E-state index contributed by atoms with van der Waals surface area (Å²) >= 11 is 0. The number of nitrogens with one attached hydrogen (secondary N) is 1. The van der Waals surface area contributed by atoms with Gasteiger partial charge in [-0.3, -0.25) is 9.67 Å². The number of nitrogens with zero attached hydrogens (tertiary/aromatic N) is 3. The molecule has 3 N–H and O–H groups in total. The van der Waals surface area contributed by atoms with Gasteiger partial charge >= 0.3 is 0 Å². The summed E-state index contributed by atoms with van der Waals surface area (Å²) < 4.78 is 1.67. The number of anilines is 2. The molecule has 0 fully saturated rings. The first-order valence-electron chi connectivity index (χ1n) is 5.52. The van der Waals surface area contributed by atoms with E-state index >= 15 is 0 Å². The molecule has 0 amide bonds. The van der Waals surface area contributed by atoms with E-state index in [0.29, 0.717) is 12.4 Å². The second-order valence-corrected chi connectivity index (χ2v) is 4.17. The fraction of sp³-hybridized carbons (Fsp3) is 0.333. The summed E-state index contributed by atoms with van der Waals surface area (Å²) in [6, 6.07) is 4.03. The van der Waals surface area contributed by atoms with Gasteiger partial charge in [0.25, 0.3) is 0 Å². The monoisotopic (exact) mass is 231 g/mol. The lowest BCUT2D eigenvalue weighted by Gasteiger charge is -2.07. The van der Waals surface area contributed by atoms with Crippen LogP contribution in [0.15, 0.2) is 18.3 Å². The zero-order valence-corrected chi connectivity index (χ0v) is 10.4. The summed E-state index contributed by atoms with van der Waals surface area (Å²) in [4.78, 5) is 4.33. The van der Waals surface area contributed by atoms with Gasteiger partial charge in [0.15, 0.2) is 0 Å². The fourth-order valence-corrected chi connectivity index (χ4v) is 1.76. The van der Waals surface area contributed by atoms with Crippen molar-refractivity contribution in [2.75, 3.05) is 11.1 Å². The van der Waals surface area contributed by atoms with Gasteiger partial charge in [0.05, 0.1) is 6.20 Å². The minimum atomic E-state index is 0.669. The Labute approximate surface area is 101 Å². The summed E-state index contributed by atoms with van der Waals surface area (Å²) in [7, 11) is 1.83. The van der Waals surface area contributed by atoms with Crippen LogP contribution in [0.5, 0.6) is 0 Å². The highest BCUT2D eigenvalue weighted by atomic mass is 15.3. The standard InChI is InChI=1S/C12H17N5/c1-8-4-11(5-9(2)16-8)14-6-10-7-15-17(3)12(10)13/h4-5,7H,6,13H2,1-3H3,(H,14,16). The number of hydrogen-bond acceptors (Lipinski definition) is 4. The normalized spacial score (nSPS) is 10.5. The Hall–Kier alpha value is -2.04. The molecule has 0 unspecified atom stereocenters. The van der Waals surface area contributed by atoms with Crippen LogP contribution in [0.3, 0.4) is 0 Å². The van der Waals surface area contributed by atoms with E-state index in [-0.39, 0.29) is 0 Å². The molecule has 5 heteroatoms. The maximum absolute atomic E-state index is 5.87. The molecule has 0 aliphatic rings. The Morgan fingerprint density at radius 1 is 1.29 bits per heavy atom. The lowest BCUT2D eigenvalue weighted by Crippen LogP contribution is -2.04. The van der Waals surface area contributed by atoms with Crippen LogP contribution in [0.25, 0.3) is 0 Å². The molecular formula is C12H17N5. The molecular weight excluding hydrogens is 214 g/mol. The van der Waals surface area contributed by atoms with Crippen molar-refractivity contribution in [1.82, 2.24) is 14.8 Å². The molecule has 0 atom stereocenters. The van der Waals surface area contributed by atoms with Crippen LogP contribution in [-0.2, 0) is 13.6 Å². The molecule has 0 radical (unpaired) electrons. The number of rotatable bonds is 3. The van der Waals surface area contributed by atoms with Crippen molar-refractivity contribution in [3.63, 3.8) is 0 Å². The van der Waals surface area contributed by atoms with Gasteiger partial charge in [-0.25, -0.2) is 0 Å². The Bertz CT molecular complexity index is 509. The highest BCUT2D eigenvalue weighted by Gasteiger charge is 2.04. The first-order valence-corrected chi connectivity index (χ1v) is 5.52. The smallest absolute Gasteiger partial charge is 0.126 e. The van der Waals surface area contributed by atoms with Crippen LogP contribution in [0, 0.1) is 13.8 Å². The zero-order chi connectivity index (χ0) is 12.4. The van der Waals surface area contributed by atoms with Crippen LogP contribution in [0.1, 0.15) is 17.0 Å². The van der Waals surface area contributed by atoms with Crippen LogP contribution >= 0.6 is 0 Å². The van der Waals surface area contributed by atoms with Gasteiger partial charge in [-0.1, -0.05) is 0 Å². The molecule has 2 rings (SSSR count). The molecule has 5 nitrogen and oxygen atoms in total. The first kappa shape index (κ1) is 11.4. The van der Waals surface area contributed by atoms with Crippen molar-refractivity contribution in [3.05, 3.63) is 35.3 Å². The minimum absolute atomic E-state index is 0.669. The van der Waals surface area contributed by atoms with E-state index in [1.165, 1.54) is 0 Å². The zero-order valence-electron chi connectivity index (χ0n) is 10.4. The minimum Gasteiger partial charge on any atom is -0.384 e. The molecule has 2 heterocycles. The van der Waals surface area contributed by atoms with E-state index in [4.69, 9.17) is 5.73 Å². The molecule has 0 bridgehead atoms. The number of pyridine rings is 1. The third kappa shape index (κ3) is 2.55. The predicted octanol–water partition coefficient (Wildman–Crippen LogP) is 1.63. The topological polar surface area (TPSA) is 68.8 Å². The van der Waals surface area contributed by atoms with Crippen molar-refractivity contribution in [3.8, 4) is 0 Å². The maximum Gasteiger partial charge on any atom is 0.126 e. The van der Waals surface area contributed by atoms with Gasteiger partial charge < -0.3 is 11.1 Å². The van der Waals surface area contributed by atoms with Gasteiger partial charge in [0, 0.05) is 36.2 Å². The largest absolute Gasteiger partial charge is 0.384 e. The van der Waals surface area contributed by atoms with E-state index in [0.717, 1.165) is 22.6 Å². The molecule has 2 aromatic heterocycles. The third-order valence-corrected chi connectivity index (χ3v) is 2.63. The number of aromatic nitrogens is 3. The van der Waals surface area contributed by atoms with Crippen molar-refractivity contribution < 1.29 is 0 Å². The quantitative estimate of drug-likeness (QED) is 0.842. The molecule has 0 aliphatic heterocycles. The van der Waals surface area contributed by atoms with Crippen LogP contribution in [-0.4, -0.2) is 14.8 Å². The average Bonchev–Trinajstić information content (AvgIpc) is 2.56. The summed E-state index contributed by atoms with van der Waals surface area (Å²) in [6.07, 6.45) is 1.78. The van der Waals surface area contributed by atoms with E-state index in [1.807, 2.05) is 33.0 Å². The second-order valence-electron chi connectivity index (χ2n) is 4.17. The Balaban J connectivity index is 2.09. The maximum atomic E-state index is 5.87. The first-order chi connectivity index (χ1) is 8.06. The van der Waals surface area contributed by atoms with E-state index < -0.39 is 0 Å². The summed E-state index contributed by atoms with van der Waals surface area (Å²) in [5.41, 5.74) is 9.94. The Morgan fingerprint density at radius 2 is 1.94 bits per heavy atom. The van der Waals surface area contributed by atoms with Crippen molar-refractivity contribution in [2.45, 2.75) is 20.4 Å². The predicted molar refractivity (Wildman–Crippen MR) is 68.7 cm³/mol. The van der Waals surface area contributed by atoms with Gasteiger partial charge in [-0.15, -0.1) is 0 Å². The molecule has 0 saturated carbocycles. The molecule has 90 valence electrons. The highest BCUT2D eigenvalue weighted by Crippen LogP contribution is 2.14. The number of nitrogen functional groups attached to an aromatic ring is 1. The summed E-state index contributed by atoms with van der Waals surface area (Å²) in [6.45, 7) is 4.63. The molecule has 0 aromatic carbocycles. The van der Waals surface area contributed by atoms with Crippen LogP contribution in [0.4, 0.5) is 11.5 Å². The van der Waals surface area contributed by atoms with Gasteiger partial charge in [-0.05, 0) is 26.0 Å². The molecule has 17 heavy (non-hydrogen) atoms. The molecule has 2 aromatic rings. The number of hydrogen-bond donors (Lipinski definition) is 2. The van der Waals surface area contributed by atoms with Crippen molar-refractivity contribution >= 4 is 11.5 Å². The highest BCUT2D eigenvalue weighted by molar-refractivity contribution is 5.48.